The van der Waals surface area contributed by atoms with E-state index in [1.54, 1.807) is 42.3 Å². The molecule has 0 saturated heterocycles. The van der Waals surface area contributed by atoms with E-state index in [1.807, 2.05) is 12.3 Å². The molecule has 32 heavy (non-hydrogen) atoms. The first kappa shape index (κ1) is 26.0. The fourth-order valence-electron chi connectivity index (χ4n) is 3.22. The molecule has 0 aliphatic carbocycles. The number of methoxy groups -OCH3 is 1. The van der Waals surface area contributed by atoms with Crippen molar-refractivity contribution in [1.82, 2.24) is 14.8 Å². The molecule has 2 N–H and O–H groups in total. The number of carbonyl (C=O) groups is 1. The smallest absolute Gasteiger partial charge is 0.308 e. The fourth-order valence-corrected chi connectivity index (χ4v) is 3.22. The van der Waals surface area contributed by atoms with Gasteiger partial charge in [0, 0.05) is 50.9 Å². The number of hydrogen-bond acceptors (Lipinski definition) is 7. The SMILES string of the molecule is COc1cccc(OC(C)=O)c1OCCCc1cn(-c2ccc(N)cn2)nc1C(C)C.[Ca]. The van der Waals surface area contributed by atoms with Crippen molar-refractivity contribution >= 4 is 49.4 Å². The minimum atomic E-state index is -0.414. The first-order valence-corrected chi connectivity index (χ1v) is 10.2. The number of benzene rings is 1. The molecular formula is C23H28CaN4O4. The Morgan fingerprint density at radius 2 is 1.94 bits per heavy atom. The van der Waals surface area contributed by atoms with Crippen LogP contribution in [0.3, 0.4) is 0 Å². The third kappa shape index (κ3) is 6.60. The van der Waals surface area contributed by atoms with Gasteiger partial charge in [0.2, 0.25) is 5.75 Å². The summed E-state index contributed by atoms with van der Waals surface area (Å²) in [5, 5.41) is 4.72. The zero-order valence-corrected chi connectivity index (χ0v) is 21.2. The van der Waals surface area contributed by atoms with Crippen LogP contribution in [0.1, 0.15) is 44.4 Å². The van der Waals surface area contributed by atoms with Crippen LogP contribution < -0.4 is 19.9 Å². The quantitative estimate of drug-likeness (QED) is 0.224. The molecule has 0 atom stereocenters. The topological polar surface area (TPSA) is 101 Å². The van der Waals surface area contributed by atoms with Gasteiger partial charge in [-0.1, -0.05) is 19.9 Å². The minimum Gasteiger partial charge on any atom is -0.493 e. The summed E-state index contributed by atoms with van der Waals surface area (Å²) in [7, 11) is 1.55. The van der Waals surface area contributed by atoms with Crippen LogP contribution in [0, 0.1) is 0 Å². The van der Waals surface area contributed by atoms with E-state index in [-0.39, 0.29) is 43.7 Å². The van der Waals surface area contributed by atoms with Gasteiger partial charge in [0.25, 0.3) is 0 Å². The van der Waals surface area contributed by atoms with Gasteiger partial charge < -0.3 is 19.9 Å². The maximum atomic E-state index is 11.4. The molecule has 0 fully saturated rings. The van der Waals surface area contributed by atoms with Gasteiger partial charge in [-0.3, -0.25) is 4.79 Å². The number of para-hydroxylation sites is 1. The standard InChI is InChI=1S/C23H28N4O4.Ca/c1-15(2)22-17(14-27(26-22)21-11-10-18(24)13-25-21)7-6-12-30-23-19(29-4)8-5-9-20(23)31-16(3)28;/h5,8-11,13-15H,6-7,12,24H2,1-4H3;. The Labute approximate surface area is 218 Å². The van der Waals surface area contributed by atoms with E-state index in [1.165, 1.54) is 6.92 Å². The molecule has 0 aliphatic rings. The van der Waals surface area contributed by atoms with Crippen LogP contribution >= 0.6 is 0 Å². The third-order valence-electron chi connectivity index (χ3n) is 4.63. The maximum absolute atomic E-state index is 11.4. The Bertz CT molecular complexity index is 1030. The Morgan fingerprint density at radius 1 is 1.19 bits per heavy atom. The zero-order valence-electron chi connectivity index (χ0n) is 19.0. The minimum absolute atomic E-state index is 0. The first-order valence-electron chi connectivity index (χ1n) is 10.2. The average Bonchev–Trinajstić information content (AvgIpc) is 3.16. The Kier molecular flexibility index (Phi) is 9.81. The number of pyridine rings is 1. The van der Waals surface area contributed by atoms with E-state index in [0.717, 1.165) is 29.9 Å². The van der Waals surface area contributed by atoms with E-state index >= 15 is 0 Å². The summed E-state index contributed by atoms with van der Waals surface area (Å²) in [5.41, 5.74) is 8.51. The van der Waals surface area contributed by atoms with Crippen molar-refractivity contribution in [2.75, 3.05) is 19.5 Å². The number of esters is 1. The molecule has 0 aliphatic heterocycles. The average molecular weight is 465 g/mol. The number of hydrogen-bond donors (Lipinski definition) is 1. The number of aromatic nitrogens is 3. The molecule has 166 valence electrons. The predicted octanol–water partition coefficient (Wildman–Crippen LogP) is 3.54. The summed E-state index contributed by atoms with van der Waals surface area (Å²) in [6.45, 7) is 6.01. The largest absolute Gasteiger partial charge is 0.493 e. The summed E-state index contributed by atoms with van der Waals surface area (Å²) >= 11 is 0. The Hall–Kier alpha value is -2.29. The second-order valence-electron chi connectivity index (χ2n) is 7.42. The van der Waals surface area contributed by atoms with Gasteiger partial charge >= 0.3 is 5.97 Å². The molecule has 0 bridgehead atoms. The second-order valence-corrected chi connectivity index (χ2v) is 7.42. The van der Waals surface area contributed by atoms with E-state index < -0.39 is 5.97 Å². The van der Waals surface area contributed by atoms with Crippen molar-refractivity contribution in [3.8, 4) is 23.1 Å². The normalized spacial score (nSPS) is 10.5. The Morgan fingerprint density at radius 3 is 2.56 bits per heavy atom. The van der Waals surface area contributed by atoms with Gasteiger partial charge in [-0.05, 0) is 48.6 Å². The number of rotatable bonds is 9. The number of carbonyl (C=O) groups excluding carboxylic acids is 1. The Balaban J connectivity index is 0.00000363. The number of anilines is 1. The van der Waals surface area contributed by atoms with Crippen LogP contribution in [0.5, 0.6) is 17.2 Å². The molecule has 1 aromatic carbocycles. The number of nitrogen functional groups attached to an aromatic ring is 1. The summed E-state index contributed by atoms with van der Waals surface area (Å²) in [5.74, 6) is 1.87. The van der Waals surface area contributed by atoms with Crippen molar-refractivity contribution in [1.29, 1.82) is 0 Å². The maximum Gasteiger partial charge on any atom is 0.308 e. The van der Waals surface area contributed by atoms with Crippen molar-refractivity contribution < 1.29 is 19.0 Å². The third-order valence-corrected chi connectivity index (χ3v) is 4.63. The number of nitrogens with two attached hydrogens (primary N) is 1. The number of nitrogens with zero attached hydrogens (tertiary/aromatic N) is 3. The fraction of sp³-hybridized carbons (Fsp3) is 0.348. The van der Waals surface area contributed by atoms with Crippen LogP contribution in [0.25, 0.3) is 5.82 Å². The zero-order chi connectivity index (χ0) is 22.4. The van der Waals surface area contributed by atoms with Gasteiger partial charge in [-0.25, -0.2) is 9.67 Å². The van der Waals surface area contributed by atoms with E-state index in [9.17, 15) is 4.79 Å². The molecule has 2 aromatic heterocycles. The van der Waals surface area contributed by atoms with Gasteiger partial charge in [0.1, 0.15) is 0 Å². The predicted molar refractivity (Wildman–Crippen MR) is 124 cm³/mol. The van der Waals surface area contributed by atoms with Gasteiger partial charge in [-0.2, -0.15) is 5.10 Å². The van der Waals surface area contributed by atoms with Crippen LogP contribution in [-0.2, 0) is 11.2 Å². The second kappa shape index (κ2) is 12.1. The molecule has 0 saturated carbocycles. The van der Waals surface area contributed by atoms with E-state index in [0.29, 0.717) is 29.5 Å². The molecule has 3 rings (SSSR count). The van der Waals surface area contributed by atoms with Crippen molar-refractivity contribution in [2.45, 2.75) is 39.5 Å². The first-order chi connectivity index (χ1) is 14.9. The number of ether oxygens (including phenoxy) is 3. The molecule has 9 heteroatoms. The van der Waals surface area contributed by atoms with E-state index in [4.69, 9.17) is 25.0 Å². The van der Waals surface area contributed by atoms with Gasteiger partial charge in [-0.15, -0.1) is 0 Å². The molecule has 0 unspecified atom stereocenters. The summed E-state index contributed by atoms with van der Waals surface area (Å²) in [6.07, 6.45) is 5.15. The molecule has 0 amide bonds. The molecule has 2 radical (unpaired) electrons. The summed E-state index contributed by atoms with van der Waals surface area (Å²) < 4.78 is 18.3. The van der Waals surface area contributed by atoms with Gasteiger partial charge in [0.05, 0.1) is 31.3 Å². The molecule has 0 spiro atoms. The van der Waals surface area contributed by atoms with Crippen LogP contribution in [0.15, 0.2) is 42.7 Å². The van der Waals surface area contributed by atoms with Crippen molar-refractivity contribution in [3.63, 3.8) is 0 Å². The number of aryl methyl sites for hydroxylation is 1. The molecule has 2 heterocycles. The molecule has 8 nitrogen and oxygen atoms in total. The monoisotopic (exact) mass is 464 g/mol. The van der Waals surface area contributed by atoms with E-state index in [2.05, 4.69) is 18.8 Å². The van der Waals surface area contributed by atoms with Crippen LogP contribution in [-0.4, -0.2) is 72.2 Å². The van der Waals surface area contributed by atoms with Gasteiger partial charge in [0.15, 0.2) is 17.3 Å². The summed E-state index contributed by atoms with van der Waals surface area (Å²) in [6, 6.07) is 8.85. The van der Waals surface area contributed by atoms with Crippen LogP contribution in [0.2, 0.25) is 0 Å². The van der Waals surface area contributed by atoms with Crippen molar-refractivity contribution in [3.05, 3.63) is 54.0 Å². The summed E-state index contributed by atoms with van der Waals surface area (Å²) in [4.78, 5) is 15.7. The molecular weight excluding hydrogens is 436 g/mol. The van der Waals surface area contributed by atoms with Crippen molar-refractivity contribution in [2.24, 2.45) is 0 Å². The molecule has 3 aromatic rings. The van der Waals surface area contributed by atoms with Crippen LogP contribution in [0.4, 0.5) is 5.69 Å².